The van der Waals surface area contributed by atoms with Gasteiger partial charge < -0.3 is 9.47 Å². The molecule has 0 aromatic heterocycles. The van der Waals surface area contributed by atoms with Gasteiger partial charge in [0.1, 0.15) is 11.7 Å². The van der Waals surface area contributed by atoms with Gasteiger partial charge in [0.15, 0.2) is 0 Å². The zero-order valence-electron chi connectivity index (χ0n) is 11.9. The van der Waals surface area contributed by atoms with Gasteiger partial charge in [-0.3, -0.25) is 4.90 Å². The molecule has 0 aliphatic carbocycles. The number of carbonyl (C=O) groups is 1. The van der Waals surface area contributed by atoms with E-state index < -0.39 is 5.60 Å². The predicted octanol–water partition coefficient (Wildman–Crippen LogP) is 2.28. The number of hydrogen-bond acceptors (Lipinski definition) is 3. The molecule has 0 saturated carbocycles. The molecule has 0 radical (unpaired) electrons. The van der Waals surface area contributed by atoms with Crippen molar-refractivity contribution in [3.63, 3.8) is 0 Å². The second kappa shape index (κ2) is 5.62. The summed E-state index contributed by atoms with van der Waals surface area (Å²) in [5.74, 6) is 2.84. The van der Waals surface area contributed by atoms with Gasteiger partial charge in [0.25, 0.3) is 0 Å². The first kappa shape index (κ1) is 14.8. The highest BCUT2D eigenvalue weighted by Crippen LogP contribution is 2.21. The first-order valence-electron chi connectivity index (χ1n) is 6.32. The SMILES string of the molecule is C#C[C@H]1CN(C(=O)OC(C)(C)C)[C@@H](C(C)C)CO1. The Bertz CT molecular complexity index is 338. The molecule has 2 atom stereocenters. The number of carbonyl (C=O) groups excluding carboxylic acids is 1. The third kappa shape index (κ3) is 3.92. The van der Waals surface area contributed by atoms with E-state index in [1.165, 1.54) is 0 Å². The van der Waals surface area contributed by atoms with E-state index in [4.69, 9.17) is 15.9 Å². The Morgan fingerprint density at radius 1 is 1.50 bits per heavy atom. The van der Waals surface area contributed by atoms with E-state index in [1.807, 2.05) is 20.8 Å². The van der Waals surface area contributed by atoms with Gasteiger partial charge in [-0.1, -0.05) is 19.8 Å². The first-order valence-corrected chi connectivity index (χ1v) is 6.32. The molecule has 0 aromatic rings. The lowest BCUT2D eigenvalue weighted by Gasteiger charge is -2.40. The van der Waals surface area contributed by atoms with E-state index in [1.54, 1.807) is 4.90 Å². The van der Waals surface area contributed by atoms with Crippen LogP contribution >= 0.6 is 0 Å². The molecule has 1 heterocycles. The van der Waals surface area contributed by atoms with Gasteiger partial charge in [0.2, 0.25) is 0 Å². The van der Waals surface area contributed by atoms with Crippen molar-refractivity contribution in [1.29, 1.82) is 0 Å². The third-order valence-corrected chi connectivity index (χ3v) is 2.81. The van der Waals surface area contributed by atoms with Gasteiger partial charge in [0, 0.05) is 0 Å². The Hall–Kier alpha value is -1.21. The van der Waals surface area contributed by atoms with E-state index in [0.717, 1.165) is 0 Å². The number of nitrogens with zero attached hydrogens (tertiary/aromatic N) is 1. The standard InChI is InChI=1S/C14H23NO3/c1-7-11-8-15(12(9-17-11)10(2)3)13(16)18-14(4,5)6/h1,10-12H,8-9H2,2-6H3/t11-,12+/m0/s1. The van der Waals surface area contributed by atoms with Crippen molar-refractivity contribution >= 4 is 6.09 Å². The molecule has 1 saturated heterocycles. The van der Waals surface area contributed by atoms with Crippen LogP contribution in [0.25, 0.3) is 0 Å². The molecule has 0 unspecified atom stereocenters. The van der Waals surface area contributed by atoms with Gasteiger partial charge in [0.05, 0.1) is 19.2 Å². The van der Waals surface area contributed by atoms with Gasteiger partial charge in [-0.15, -0.1) is 6.42 Å². The van der Waals surface area contributed by atoms with Crippen LogP contribution < -0.4 is 0 Å². The summed E-state index contributed by atoms with van der Waals surface area (Å²) in [5, 5.41) is 0. The highest BCUT2D eigenvalue weighted by molar-refractivity contribution is 5.69. The molecule has 0 aromatic carbocycles. The van der Waals surface area contributed by atoms with Crippen molar-refractivity contribution in [2.75, 3.05) is 13.2 Å². The summed E-state index contributed by atoms with van der Waals surface area (Å²) in [4.78, 5) is 13.9. The van der Waals surface area contributed by atoms with E-state index in [9.17, 15) is 4.79 Å². The summed E-state index contributed by atoms with van der Waals surface area (Å²) < 4.78 is 10.9. The van der Waals surface area contributed by atoms with Crippen molar-refractivity contribution in [1.82, 2.24) is 4.90 Å². The van der Waals surface area contributed by atoms with Crippen LogP contribution in [-0.4, -0.2) is 41.9 Å². The van der Waals surface area contributed by atoms with E-state index in [-0.39, 0.29) is 18.2 Å². The summed E-state index contributed by atoms with van der Waals surface area (Å²) in [6, 6.07) is 0.0180. The Labute approximate surface area is 110 Å². The maximum absolute atomic E-state index is 12.2. The topological polar surface area (TPSA) is 38.8 Å². The fraction of sp³-hybridized carbons (Fsp3) is 0.786. The van der Waals surface area contributed by atoms with Crippen LogP contribution in [0.4, 0.5) is 4.79 Å². The smallest absolute Gasteiger partial charge is 0.410 e. The monoisotopic (exact) mass is 253 g/mol. The minimum Gasteiger partial charge on any atom is -0.444 e. The molecule has 4 nitrogen and oxygen atoms in total. The summed E-state index contributed by atoms with van der Waals surface area (Å²) in [7, 11) is 0. The Balaban J connectivity index is 2.78. The largest absolute Gasteiger partial charge is 0.444 e. The summed E-state index contributed by atoms with van der Waals surface area (Å²) in [6.07, 6.45) is 4.71. The summed E-state index contributed by atoms with van der Waals surface area (Å²) in [5.41, 5.74) is -0.497. The maximum atomic E-state index is 12.2. The third-order valence-electron chi connectivity index (χ3n) is 2.81. The Kier molecular flexibility index (Phi) is 4.64. The second-order valence-electron chi connectivity index (χ2n) is 5.93. The summed E-state index contributed by atoms with van der Waals surface area (Å²) in [6.45, 7) is 10.5. The van der Waals surface area contributed by atoms with E-state index >= 15 is 0 Å². The van der Waals surface area contributed by atoms with Crippen molar-refractivity contribution < 1.29 is 14.3 Å². The molecular weight excluding hydrogens is 230 g/mol. The molecule has 1 aliphatic rings. The number of hydrogen-bond donors (Lipinski definition) is 0. The number of amides is 1. The minimum absolute atomic E-state index is 0.0180. The molecule has 1 fully saturated rings. The average molecular weight is 253 g/mol. The first-order chi connectivity index (χ1) is 8.24. The van der Waals surface area contributed by atoms with Gasteiger partial charge >= 0.3 is 6.09 Å². The van der Waals surface area contributed by atoms with Crippen LogP contribution in [0.1, 0.15) is 34.6 Å². The highest BCUT2D eigenvalue weighted by atomic mass is 16.6. The molecule has 0 bridgehead atoms. The average Bonchev–Trinajstić information content (AvgIpc) is 2.25. The normalized spacial score (nSPS) is 24.8. The Morgan fingerprint density at radius 3 is 2.56 bits per heavy atom. The van der Waals surface area contributed by atoms with Gasteiger partial charge in [-0.25, -0.2) is 4.79 Å². The van der Waals surface area contributed by atoms with Crippen molar-refractivity contribution in [2.24, 2.45) is 5.92 Å². The number of ether oxygens (including phenoxy) is 2. The molecule has 1 amide bonds. The number of rotatable bonds is 1. The quantitative estimate of drug-likeness (QED) is 0.673. The van der Waals surface area contributed by atoms with Gasteiger partial charge in [-0.05, 0) is 26.7 Å². The molecule has 4 heteroatoms. The van der Waals surface area contributed by atoms with Gasteiger partial charge in [-0.2, -0.15) is 0 Å². The minimum atomic E-state index is -0.497. The van der Waals surface area contributed by atoms with Crippen LogP contribution in [0.5, 0.6) is 0 Å². The summed E-state index contributed by atoms with van der Waals surface area (Å²) >= 11 is 0. The lowest BCUT2D eigenvalue weighted by molar-refractivity contribution is -0.0619. The zero-order valence-corrected chi connectivity index (χ0v) is 11.9. The molecule has 18 heavy (non-hydrogen) atoms. The second-order valence-corrected chi connectivity index (χ2v) is 5.93. The van der Waals surface area contributed by atoms with Crippen LogP contribution in [0, 0.1) is 18.3 Å². The Morgan fingerprint density at radius 2 is 2.11 bits per heavy atom. The lowest BCUT2D eigenvalue weighted by Crippen LogP contribution is -2.55. The number of terminal acetylenes is 1. The van der Waals surface area contributed by atoms with Crippen molar-refractivity contribution in [2.45, 2.75) is 52.4 Å². The van der Waals surface area contributed by atoms with Crippen LogP contribution in [-0.2, 0) is 9.47 Å². The molecular formula is C14H23NO3. The van der Waals surface area contributed by atoms with E-state index in [0.29, 0.717) is 19.1 Å². The van der Waals surface area contributed by atoms with Crippen LogP contribution in [0.2, 0.25) is 0 Å². The molecule has 1 aliphatic heterocycles. The molecule has 102 valence electrons. The fourth-order valence-electron chi connectivity index (χ4n) is 1.86. The molecule has 0 N–H and O–H groups in total. The van der Waals surface area contributed by atoms with Crippen LogP contribution in [0.15, 0.2) is 0 Å². The fourth-order valence-corrected chi connectivity index (χ4v) is 1.86. The van der Waals surface area contributed by atoms with Crippen molar-refractivity contribution in [3.8, 4) is 12.3 Å². The zero-order chi connectivity index (χ0) is 13.9. The van der Waals surface area contributed by atoms with Crippen molar-refractivity contribution in [3.05, 3.63) is 0 Å². The maximum Gasteiger partial charge on any atom is 0.410 e. The van der Waals surface area contributed by atoms with Crippen LogP contribution in [0.3, 0.4) is 0 Å². The molecule has 0 spiro atoms. The molecule has 1 rings (SSSR count). The van der Waals surface area contributed by atoms with E-state index in [2.05, 4.69) is 19.8 Å². The predicted molar refractivity (Wildman–Crippen MR) is 70.1 cm³/mol. The number of morpholine rings is 1. The highest BCUT2D eigenvalue weighted by Gasteiger charge is 2.35. The lowest BCUT2D eigenvalue weighted by atomic mass is 10.0.